The number of benzene rings is 1. The molecule has 0 bridgehead atoms. The number of hydrogen-bond donors (Lipinski definition) is 0. The molecular weight excluding hydrogens is 170 g/mol. The second-order valence-corrected chi connectivity index (χ2v) is 4.57. The van der Waals surface area contributed by atoms with Gasteiger partial charge >= 0.3 is 0 Å². The van der Waals surface area contributed by atoms with Crippen molar-refractivity contribution in [3.8, 4) is 0 Å². The molecule has 0 saturated carbocycles. The monoisotopic (exact) mass is 181 g/mol. The predicted octanol–water partition coefficient (Wildman–Crippen LogP) is 1.61. The van der Waals surface area contributed by atoms with Crippen molar-refractivity contribution >= 4 is 16.7 Å². The molecule has 1 atom stereocenters. The molecule has 12 heavy (non-hydrogen) atoms. The molecule has 1 heterocycles. The van der Waals surface area contributed by atoms with Gasteiger partial charge in [0.1, 0.15) is 11.0 Å². The van der Waals surface area contributed by atoms with Crippen LogP contribution >= 0.6 is 0 Å². The Morgan fingerprint density at radius 1 is 1.50 bits per heavy atom. The van der Waals surface area contributed by atoms with Crippen LogP contribution in [0.1, 0.15) is 11.1 Å². The fourth-order valence-corrected chi connectivity index (χ4v) is 2.57. The highest BCUT2D eigenvalue weighted by molar-refractivity contribution is 7.86. The maximum atomic E-state index is 11.4. The van der Waals surface area contributed by atoms with Crippen molar-refractivity contribution in [1.29, 1.82) is 0 Å². The Balaban J connectivity index is 2.54. The highest BCUT2D eigenvalue weighted by atomic mass is 32.2. The summed E-state index contributed by atoms with van der Waals surface area (Å²) in [4.78, 5) is 0. The molecule has 0 aromatic heterocycles. The van der Waals surface area contributed by atoms with Crippen LogP contribution in [0.5, 0.6) is 0 Å². The van der Waals surface area contributed by atoms with E-state index in [4.69, 9.17) is 0 Å². The van der Waals surface area contributed by atoms with Crippen molar-refractivity contribution in [2.75, 3.05) is 11.4 Å². The van der Waals surface area contributed by atoms with Crippen molar-refractivity contribution in [3.63, 3.8) is 0 Å². The van der Waals surface area contributed by atoms with Crippen LogP contribution in [0, 0.1) is 6.92 Å². The van der Waals surface area contributed by atoms with E-state index in [0.717, 1.165) is 5.69 Å². The highest BCUT2D eigenvalue weighted by Crippen LogP contribution is 2.30. The summed E-state index contributed by atoms with van der Waals surface area (Å²) in [5, 5.41) is 0. The third kappa shape index (κ3) is 1.05. The van der Waals surface area contributed by atoms with Gasteiger partial charge in [0, 0.05) is 7.05 Å². The Bertz CT molecular complexity index is 348. The van der Waals surface area contributed by atoms with Crippen molar-refractivity contribution in [2.24, 2.45) is 0 Å². The van der Waals surface area contributed by atoms with E-state index in [0.29, 0.717) is 5.75 Å². The maximum absolute atomic E-state index is 11.4. The van der Waals surface area contributed by atoms with E-state index in [2.05, 4.69) is 19.1 Å². The van der Waals surface area contributed by atoms with Gasteiger partial charge in [-0.1, -0.05) is 17.7 Å². The van der Waals surface area contributed by atoms with Crippen LogP contribution in [0.4, 0.5) is 5.69 Å². The van der Waals surface area contributed by atoms with Crippen LogP contribution in [-0.2, 0) is 16.7 Å². The lowest BCUT2D eigenvalue weighted by Gasteiger charge is -2.09. The third-order valence-corrected chi connectivity index (χ3v) is 3.52. The Labute approximate surface area is 74.8 Å². The smallest absolute Gasteiger partial charge is 0.124 e. The summed E-state index contributed by atoms with van der Waals surface area (Å²) in [6.07, 6.45) is 0. The lowest BCUT2D eigenvalue weighted by molar-refractivity contribution is 0.683. The second kappa shape index (κ2) is 2.59. The van der Waals surface area contributed by atoms with Gasteiger partial charge in [0.15, 0.2) is 0 Å². The van der Waals surface area contributed by atoms with Gasteiger partial charge in [-0.15, -0.1) is 0 Å². The number of nitrogens with zero attached hydrogens (tertiary/aromatic N) is 1. The van der Waals surface area contributed by atoms with Gasteiger partial charge in [0.2, 0.25) is 0 Å². The zero-order valence-corrected chi connectivity index (χ0v) is 8.02. The minimum atomic E-state index is -0.839. The Kier molecular flexibility index (Phi) is 1.68. The number of hydrogen-bond acceptors (Lipinski definition) is 1. The SMILES string of the molecule is Cc1ccc2c(c1)CS(=O)N2C. The first-order valence-electron chi connectivity index (χ1n) is 3.90. The van der Waals surface area contributed by atoms with Crippen molar-refractivity contribution in [3.05, 3.63) is 29.3 Å². The number of anilines is 1. The molecular formula is C9H11NOS. The summed E-state index contributed by atoms with van der Waals surface area (Å²) < 4.78 is 13.2. The number of rotatable bonds is 0. The van der Waals surface area contributed by atoms with Gasteiger partial charge in [-0.2, -0.15) is 0 Å². The second-order valence-electron chi connectivity index (χ2n) is 3.10. The molecule has 2 rings (SSSR count). The maximum Gasteiger partial charge on any atom is 0.124 e. The molecule has 3 heteroatoms. The Morgan fingerprint density at radius 3 is 3.00 bits per heavy atom. The van der Waals surface area contributed by atoms with Crippen LogP contribution < -0.4 is 4.31 Å². The zero-order chi connectivity index (χ0) is 8.72. The third-order valence-electron chi connectivity index (χ3n) is 2.16. The summed E-state index contributed by atoms with van der Waals surface area (Å²) in [7, 11) is 1.03. The first-order valence-corrected chi connectivity index (χ1v) is 5.18. The van der Waals surface area contributed by atoms with Gasteiger partial charge in [-0.05, 0) is 18.6 Å². The molecule has 64 valence electrons. The molecule has 0 saturated heterocycles. The average molecular weight is 181 g/mol. The van der Waals surface area contributed by atoms with Gasteiger partial charge in [0.25, 0.3) is 0 Å². The Morgan fingerprint density at radius 2 is 2.25 bits per heavy atom. The molecule has 1 aliphatic heterocycles. The fraction of sp³-hybridized carbons (Fsp3) is 0.333. The van der Waals surface area contributed by atoms with E-state index in [1.807, 2.05) is 17.4 Å². The number of fused-ring (bicyclic) bond motifs is 1. The minimum absolute atomic E-state index is 0.674. The zero-order valence-electron chi connectivity index (χ0n) is 7.20. The molecule has 0 aliphatic carbocycles. The van der Waals surface area contributed by atoms with Crippen molar-refractivity contribution < 1.29 is 4.21 Å². The summed E-state index contributed by atoms with van der Waals surface area (Å²) in [5.41, 5.74) is 3.55. The molecule has 0 N–H and O–H groups in total. The molecule has 1 aromatic carbocycles. The predicted molar refractivity (Wildman–Crippen MR) is 51.4 cm³/mol. The summed E-state index contributed by atoms with van der Waals surface area (Å²) in [6.45, 7) is 2.06. The first kappa shape index (κ1) is 7.80. The van der Waals surface area contributed by atoms with Crippen LogP contribution in [0.15, 0.2) is 18.2 Å². The van der Waals surface area contributed by atoms with Crippen LogP contribution in [0.25, 0.3) is 0 Å². The van der Waals surface area contributed by atoms with E-state index < -0.39 is 11.0 Å². The lowest BCUT2D eigenvalue weighted by Crippen LogP contribution is -2.13. The van der Waals surface area contributed by atoms with Gasteiger partial charge in [-0.3, -0.25) is 4.31 Å². The van der Waals surface area contributed by atoms with Crippen molar-refractivity contribution in [1.82, 2.24) is 0 Å². The Hall–Kier alpha value is -0.830. The van der Waals surface area contributed by atoms with Gasteiger partial charge in [0.05, 0.1) is 11.4 Å². The molecule has 0 spiro atoms. The summed E-state index contributed by atoms with van der Waals surface area (Å²) >= 11 is 0. The molecule has 0 amide bonds. The average Bonchev–Trinajstić information content (AvgIpc) is 2.28. The van der Waals surface area contributed by atoms with E-state index in [-0.39, 0.29) is 0 Å². The molecule has 2 nitrogen and oxygen atoms in total. The molecule has 0 fully saturated rings. The van der Waals surface area contributed by atoms with E-state index >= 15 is 0 Å². The molecule has 1 aliphatic rings. The largest absolute Gasteiger partial charge is 0.294 e. The van der Waals surface area contributed by atoms with Crippen LogP contribution in [-0.4, -0.2) is 11.3 Å². The first-order chi connectivity index (χ1) is 5.68. The van der Waals surface area contributed by atoms with Crippen LogP contribution in [0.2, 0.25) is 0 Å². The van der Waals surface area contributed by atoms with Crippen LogP contribution in [0.3, 0.4) is 0 Å². The van der Waals surface area contributed by atoms with Crippen molar-refractivity contribution in [2.45, 2.75) is 12.7 Å². The summed E-state index contributed by atoms with van der Waals surface area (Å²) in [6, 6.07) is 6.20. The highest BCUT2D eigenvalue weighted by Gasteiger charge is 2.21. The van der Waals surface area contributed by atoms with E-state index in [1.54, 1.807) is 0 Å². The van der Waals surface area contributed by atoms with E-state index in [9.17, 15) is 4.21 Å². The molecule has 1 aromatic rings. The summed E-state index contributed by atoms with van der Waals surface area (Å²) in [5.74, 6) is 0.674. The quantitative estimate of drug-likeness (QED) is 0.595. The van der Waals surface area contributed by atoms with E-state index in [1.165, 1.54) is 11.1 Å². The van der Waals surface area contributed by atoms with Gasteiger partial charge in [-0.25, -0.2) is 4.21 Å². The minimum Gasteiger partial charge on any atom is -0.294 e. The number of aryl methyl sites for hydroxylation is 1. The van der Waals surface area contributed by atoms with Gasteiger partial charge < -0.3 is 0 Å². The fourth-order valence-electron chi connectivity index (χ4n) is 1.48. The topological polar surface area (TPSA) is 20.3 Å². The normalized spacial score (nSPS) is 21.2. The lowest BCUT2D eigenvalue weighted by atomic mass is 10.1. The standard InChI is InChI=1S/C9H11NOS/c1-7-3-4-9-8(5-7)6-12(11)10(9)2/h3-5H,6H2,1-2H3. The molecule has 0 radical (unpaired) electrons. The molecule has 1 unspecified atom stereocenters.